The molecule has 3 nitrogen and oxygen atoms in total. The molecule has 1 unspecified atom stereocenters. The van der Waals surface area contributed by atoms with Gasteiger partial charge in [0.15, 0.2) is 0 Å². The first-order chi connectivity index (χ1) is 11.7. The van der Waals surface area contributed by atoms with E-state index in [9.17, 15) is 9.00 Å². The number of amides is 1. The van der Waals surface area contributed by atoms with Crippen LogP contribution in [0.3, 0.4) is 0 Å². The lowest BCUT2D eigenvalue weighted by molar-refractivity contribution is -0.119. The SMILES string of the molecule is CCCCCCCCCCCCCCCC(=O)NS(=O)CCCC. The molecule has 0 aromatic heterocycles. The van der Waals surface area contributed by atoms with Crippen LogP contribution < -0.4 is 4.72 Å². The second-order valence-corrected chi connectivity index (χ2v) is 8.22. The standard InChI is InChI=1S/C20H41NO2S/c1-3-5-7-8-9-10-11-12-13-14-15-16-17-18-20(22)21-24(23)19-6-4-2/h3-19H2,1-2H3,(H,21,22). The third-order valence-corrected chi connectivity index (χ3v) is 5.53. The third-order valence-electron chi connectivity index (χ3n) is 4.42. The molecule has 0 rings (SSSR count). The largest absolute Gasteiger partial charge is 0.275 e. The summed E-state index contributed by atoms with van der Waals surface area (Å²) in [5.41, 5.74) is 0. The van der Waals surface area contributed by atoms with Crippen molar-refractivity contribution in [1.29, 1.82) is 0 Å². The molecule has 0 radical (unpaired) electrons. The fourth-order valence-corrected chi connectivity index (χ4v) is 3.82. The summed E-state index contributed by atoms with van der Waals surface area (Å²) in [7, 11) is -1.17. The first-order valence-corrected chi connectivity index (χ1v) is 11.7. The third kappa shape index (κ3) is 18.0. The zero-order valence-corrected chi connectivity index (χ0v) is 17.1. The molecule has 0 heterocycles. The molecular formula is C20H41NO2S. The van der Waals surface area contributed by atoms with Gasteiger partial charge in [0.05, 0.1) is 0 Å². The summed E-state index contributed by atoms with van der Waals surface area (Å²) in [5.74, 6) is 0.536. The van der Waals surface area contributed by atoms with Crippen molar-refractivity contribution in [3.05, 3.63) is 0 Å². The van der Waals surface area contributed by atoms with Crippen LogP contribution in [0.4, 0.5) is 0 Å². The van der Waals surface area contributed by atoms with Crippen LogP contribution in [0, 0.1) is 0 Å². The summed E-state index contributed by atoms with van der Waals surface area (Å²) in [5, 5.41) is 0. The molecule has 24 heavy (non-hydrogen) atoms. The monoisotopic (exact) mass is 359 g/mol. The molecule has 144 valence electrons. The number of hydrogen-bond donors (Lipinski definition) is 1. The predicted octanol–water partition coefficient (Wildman–Crippen LogP) is 6.05. The maximum Gasteiger partial charge on any atom is 0.231 e. The molecule has 0 spiro atoms. The van der Waals surface area contributed by atoms with Gasteiger partial charge in [0.1, 0.15) is 11.0 Å². The average molecular weight is 360 g/mol. The summed E-state index contributed by atoms with van der Waals surface area (Å²) < 4.78 is 14.1. The molecule has 4 heteroatoms. The van der Waals surface area contributed by atoms with Crippen molar-refractivity contribution in [2.45, 2.75) is 117 Å². The van der Waals surface area contributed by atoms with Crippen LogP contribution in [0.2, 0.25) is 0 Å². The van der Waals surface area contributed by atoms with Gasteiger partial charge in [-0.1, -0.05) is 97.3 Å². The number of hydrogen-bond acceptors (Lipinski definition) is 2. The summed E-state index contributed by atoms with van der Waals surface area (Å²) in [6.45, 7) is 4.33. The van der Waals surface area contributed by atoms with Crippen LogP contribution in [-0.4, -0.2) is 15.9 Å². The Kier molecular flexibility index (Phi) is 18.7. The molecule has 1 atom stereocenters. The lowest BCUT2D eigenvalue weighted by Crippen LogP contribution is -2.27. The quantitative estimate of drug-likeness (QED) is 0.303. The minimum absolute atomic E-state index is 0.0486. The Morgan fingerprint density at radius 2 is 1.08 bits per heavy atom. The van der Waals surface area contributed by atoms with E-state index in [0.29, 0.717) is 12.2 Å². The summed E-state index contributed by atoms with van der Waals surface area (Å²) in [4.78, 5) is 11.6. The van der Waals surface area contributed by atoms with E-state index in [4.69, 9.17) is 0 Å². The Labute approximate surface area is 153 Å². The second kappa shape index (κ2) is 19.0. The zero-order chi connectivity index (χ0) is 17.9. The lowest BCUT2D eigenvalue weighted by Gasteiger charge is -2.05. The van der Waals surface area contributed by atoms with Gasteiger partial charge in [0.2, 0.25) is 5.91 Å². The van der Waals surface area contributed by atoms with Gasteiger partial charge in [0.25, 0.3) is 0 Å². The normalized spacial score (nSPS) is 12.2. The van der Waals surface area contributed by atoms with Crippen LogP contribution in [0.1, 0.15) is 117 Å². The average Bonchev–Trinajstić information content (AvgIpc) is 2.57. The van der Waals surface area contributed by atoms with Crippen molar-refractivity contribution < 1.29 is 9.00 Å². The fourth-order valence-electron chi connectivity index (χ4n) is 2.81. The van der Waals surface area contributed by atoms with Crippen molar-refractivity contribution >= 4 is 16.9 Å². The van der Waals surface area contributed by atoms with Crippen molar-refractivity contribution in [1.82, 2.24) is 4.72 Å². The Balaban J connectivity index is 3.22. The molecular weight excluding hydrogens is 318 g/mol. The van der Waals surface area contributed by atoms with Crippen LogP contribution in [-0.2, 0) is 15.8 Å². The highest BCUT2D eigenvalue weighted by Gasteiger charge is 2.05. The number of rotatable bonds is 18. The molecule has 0 bridgehead atoms. The van der Waals surface area contributed by atoms with E-state index in [1.54, 1.807) is 0 Å². The smallest absolute Gasteiger partial charge is 0.231 e. The maximum atomic E-state index is 11.6. The molecule has 0 saturated carbocycles. The predicted molar refractivity (Wildman–Crippen MR) is 106 cm³/mol. The highest BCUT2D eigenvalue weighted by atomic mass is 32.2. The van der Waals surface area contributed by atoms with Crippen molar-refractivity contribution in [3.8, 4) is 0 Å². The highest BCUT2D eigenvalue weighted by molar-refractivity contribution is 7.83. The molecule has 0 aliphatic rings. The van der Waals surface area contributed by atoms with Crippen LogP contribution in [0.5, 0.6) is 0 Å². The fraction of sp³-hybridized carbons (Fsp3) is 0.950. The van der Waals surface area contributed by atoms with Gasteiger partial charge in [0, 0.05) is 12.2 Å². The topological polar surface area (TPSA) is 46.2 Å². The Bertz CT molecular complexity index is 308. The van der Waals surface area contributed by atoms with Gasteiger partial charge >= 0.3 is 0 Å². The van der Waals surface area contributed by atoms with E-state index in [0.717, 1.165) is 25.7 Å². The van der Waals surface area contributed by atoms with E-state index in [1.165, 1.54) is 70.6 Å². The van der Waals surface area contributed by atoms with Gasteiger partial charge in [-0.15, -0.1) is 0 Å². The van der Waals surface area contributed by atoms with Gasteiger partial charge < -0.3 is 0 Å². The van der Waals surface area contributed by atoms with Crippen LogP contribution in [0.15, 0.2) is 0 Å². The Morgan fingerprint density at radius 3 is 1.54 bits per heavy atom. The van der Waals surface area contributed by atoms with E-state index in [2.05, 4.69) is 18.6 Å². The Hall–Kier alpha value is -0.380. The Morgan fingerprint density at radius 1 is 0.667 bits per heavy atom. The molecule has 0 aromatic rings. The van der Waals surface area contributed by atoms with Gasteiger partial charge in [-0.3, -0.25) is 9.52 Å². The van der Waals surface area contributed by atoms with E-state index >= 15 is 0 Å². The number of unbranched alkanes of at least 4 members (excludes halogenated alkanes) is 13. The van der Waals surface area contributed by atoms with Crippen LogP contribution in [0.25, 0.3) is 0 Å². The van der Waals surface area contributed by atoms with E-state index in [-0.39, 0.29) is 5.91 Å². The van der Waals surface area contributed by atoms with Crippen molar-refractivity contribution in [2.24, 2.45) is 0 Å². The molecule has 0 aromatic carbocycles. The molecule has 1 amide bonds. The minimum atomic E-state index is -1.17. The molecule has 1 N–H and O–H groups in total. The van der Waals surface area contributed by atoms with Crippen LogP contribution >= 0.6 is 0 Å². The van der Waals surface area contributed by atoms with Gasteiger partial charge in [-0.05, 0) is 12.8 Å². The lowest BCUT2D eigenvalue weighted by atomic mass is 10.0. The number of carbonyl (C=O) groups excluding carboxylic acids is 1. The van der Waals surface area contributed by atoms with E-state index < -0.39 is 11.0 Å². The van der Waals surface area contributed by atoms with Gasteiger partial charge in [-0.25, -0.2) is 4.21 Å². The molecule has 0 saturated heterocycles. The first-order valence-electron chi connectivity index (χ1n) is 10.4. The van der Waals surface area contributed by atoms with Crippen molar-refractivity contribution in [2.75, 3.05) is 5.75 Å². The minimum Gasteiger partial charge on any atom is -0.275 e. The number of nitrogens with one attached hydrogen (secondary N) is 1. The molecule has 0 aliphatic heterocycles. The van der Waals surface area contributed by atoms with E-state index in [1.807, 2.05) is 0 Å². The summed E-state index contributed by atoms with van der Waals surface area (Å²) in [6, 6.07) is 0. The first kappa shape index (κ1) is 23.6. The molecule has 0 fully saturated rings. The van der Waals surface area contributed by atoms with Gasteiger partial charge in [-0.2, -0.15) is 0 Å². The highest BCUT2D eigenvalue weighted by Crippen LogP contribution is 2.12. The summed E-state index contributed by atoms with van der Waals surface area (Å²) >= 11 is 0. The summed E-state index contributed by atoms with van der Waals surface area (Å²) in [6.07, 6.45) is 19.5. The number of carbonyl (C=O) groups is 1. The van der Waals surface area contributed by atoms with Crippen molar-refractivity contribution in [3.63, 3.8) is 0 Å². The zero-order valence-electron chi connectivity index (χ0n) is 16.2. The second-order valence-electron chi connectivity index (χ2n) is 6.92. The molecule has 0 aliphatic carbocycles. The maximum absolute atomic E-state index is 11.6.